The highest BCUT2D eigenvalue weighted by Gasteiger charge is 2.21. The van der Waals surface area contributed by atoms with Crippen LogP contribution in [-0.4, -0.2) is 20.1 Å². The van der Waals surface area contributed by atoms with Crippen LogP contribution >= 0.6 is 11.6 Å². The van der Waals surface area contributed by atoms with Gasteiger partial charge in [-0.25, -0.2) is 17.5 Å². The monoisotopic (exact) mass is 309 g/mol. The zero-order chi connectivity index (χ0) is 14.5. The Morgan fingerprint density at radius 1 is 1.37 bits per heavy atom. The number of aliphatic hydroxyl groups is 1. The predicted octanol–water partition coefficient (Wildman–Crippen LogP) is 2.44. The Bertz CT molecular complexity index is 534. The molecule has 0 atom stereocenters. The largest absolute Gasteiger partial charge is 0.392 e. The number of nitrogens with one attached hydrogen (secondary N) is 1. The molecule has 0 saturated carbocycles. The SMILES string of the molecule is CCCCCNS(=O)(=O)c1cc(Cl)cc(CO)c1F. The number of aliphatic hydroxyl groups excluding tert-OH is 1. The maximum Gasteiger partial charge on any atom is 0.243 e. The molecule has 0 heterocycles. The Morgan fingerprint density at radius 3 is 2.63 bits per heavy atom. The van der Waals surface area contributed by atoms with Gasteiger partial charge in [-0.05, 0) is 18.6 Å². The molecule has 1 aromatic carbocycles. The van der Waals surface area contributed by atoms with Crippen molar-refractivity contribution in [3.8, 4) is 0 Å². The van der Waals surface area contributed by atoms with Crippen LogP contribution in [0.5, 0.6) is 0 Å². The molecule has 19 heavy (non-hydrogen) atoms. The molecule has 0 aliphatic heterocycles. The van der Waals surface area contributed by atoms with E-state index in [0.717, 1.165) is 18.9 Å². The van der Waals surface area contributed by atoms with Gasteiger partial charge in [-0.15, -0.1) is 0 Å². The van der Waals surface area contributed by atoms with E-state index in [1.807, 2.05) is 6.92 Å². The third-order valence-electron chi connectivity index (χ3n) is 2.61. The molecule has 1 rings (SSSR count). The minimum absolute atomic E-state index is 0.0689. The average molecular weight is 310 g/mol. The van der Waals surface area contributed by atoms with Gasteiger partial charge in [-0.1, -0.05) is 31.4 Å². The summed E-state index contributed by atoms with van der Waals surface area (Å²) in [6.45, 7) is 1.64. The second-order valence-electron chi connectivity index (χ2n) is 4.14. The quantitative estimate of drug-likeness (QED) is 0.760. The topological polar surface area (TPSA) is 66.4 Å². The number of hydrogen-bond acceptors (Lipinski definition) is 3. The summed E-state index contributed by atoms with van der Waals surface area (Å²) in [6, 6.07) is 2.24. The Morgan fingerprint density at radius 2 is 2.05 bits per heavy atom. The second kappa shape index (κ2) is 7.19. The van der Waals surface area contributed by atoms with Gasteiger partial charge in [0.1, 0.15) is 10.7 Å². The number of rotatable bonds is 7. The molecule has 2 N–H and O–H groups in total. The highest BCUT2D eigenvalue weighted by Crippen LogP contribution is 2.23. The maximum atomic E-state index is 13.9. The number of unbranched alkanes of at least 4 members (excludes halogenated alkanes) is 2. The molecule has 0 aliphatic rings. The molecular weight excluding hydrogens is 293 g/mol. The standard InChI is InChI=1S/C12H17ClFNO3S/c1-2-3-4-5-15-19(17,18)11-7-10(13)6-9(8-16)12(11)14/h6-7,15-16H,2-5,8H2,1H3. The molecule has 0 saturated heterocycles. The first-order chi connectivity index (χ1) is 8.92. The van der Waals surface area contributed by atoms with Crippen molar-refractivity contribution < 1.29 is 17.9 Å². The molecular formula is C12H17ClFNO3S. The van der Waals surface area contributed by atoms with Gasteiger partial charge < -0.3 is 5.11 Å². The summed E-state index contributed by atoms with van der Waals surface area (Å²) < 4.78 is 40.1. The molecule has 4 nitrogen and oxygen atoms in total. The summed E-state index contributed by atoms with van der Waals surface area (Å²) in [4.78, 5) is -0.527. The van der Waals surface area contributed by atoms with E-state index in [9.17, 15) is 12.8 Å². The highest BCUT2D eigenvalue weighted by molar-refractivity contribution is 7.89. The van der Waals surface area contributed by atoms with Crippen molar-refractivity contribution in [2.75, 3.05) is 6.54 Å². The number of hydrogen-bond donors (Lipinski definition) is 2. The third-order valence-corrected chi connectivity index (χ3v) is 4.29. The molecule has 1 aromatic rings. The average Bonchev–Trinajstić information content (AvgIpc) is 2.37. The smallest absolute Gasteiger partial charge is 0.243 e. The van der Waals surface area contributed by atoms with Gasteiger partial charge >= 0.3 is 0 Å². The van der Waals surface area contributed by atoms with E-state index in [2.05, 4.69) is 4.72 Å². The second-order valence-corrected chi connectivity index (χ2v) is 6.31. The van der Waals surface area contributed by atoms with Crippen molar-refractivity contribution in [3.63, 3.8) is 0 Å². The van der Waals surface area contributed by atoms with E-state index in [1.54, 1.807) is 0 Å². The molecule has 0 fully saturated rings. The summed E-state index contributed by atoms with van der Waals surface area (Å²) >= 11 is 5.72. The number of benzene rings is 1. The lowest BCUT2D eigenvalue weighted by atomic mass is 10.2. The van der Waals surface area contributed by atoms with Gasteiger partial charge in [0.15, 0.2) is 0 Å². The van der Waals surface area contributed by atoms with Gasteiger partial charge in [0, 0.05) is 17.1 Å². The van der Waals surface area contributed by atoms with Crippen molar-refractivity contribution in [3.05, 3.63) is 28.5 Å². The zero-order valence-electron chi connectivity index (χ0n) is 10.6. The fourth-order valence-electron chi connectivity index (χ4n) is 1.59. The molecule has 108 valence electrons. The molecule has 0 radical (unpaired) electrons. The number of sulfonamides is 1. The van der Waals surface area contributed by atoms with E-state index < -0.39 is 27.3 Å². The molecule has 0 unspecified atom stereocenters. The highest BCUT2D eigenvalue weighted by atomic mass is 35.5. The van der Waals surface area contributed by atoms with Crippen LogP contribution in [0.15, 0.2) is 17.0 Å². The molecule has 0 amide bonds. The van der Waals surface area contributed by atoms with Gasteiger partial charge in [0.2, 0.25) is 10.0 Å². The summed E-state index contributed by atoms with van der Waals surface area (Å²) in [6.07, 6.45) is 2.54. The number of halogens is 2. The van der Waals surface area contributed by atoms with E-state index in [0.29, 0.717) is 6.42 Å². The van der Waals surface area contributed by atoms with Crippen molar-refractivity contribution in [2.24, 2.45) is 0 Å². The van der Waals surface area contributed by atoms with E-state index in [4.69, 9.17) is 16.7 Å². The van der Waals surface area contributed by atoms with Crippen LogP contribution in [0.4, 0.5) is 4.39 Å². The Labute approximate surface area is 117 Å². The fourth-order valence-corrected chi connectivity index (χ4v) is 3.11. The lowest BCUT2D eigenvalue weighted by Gasteiger charge is -2.10. The normalized spacial score (nSPS) is 11.8. The Balaban J connectivity index is 2.98. The first kappa shape index (κ1) is 16.4. The lowest BCUT2D eigenvalue weighted by molar-refractivity contribution is 0.274. The summed E-state index contributed by atoms with van der Waals surface area (Å²) in [5, 5.41) is 9.03. The third kappa shape index (κ3) is 4.42. The van der Waals surface area contributed by atoms with E-state index in [1.165, 1.54) is 6.07 Å². The van der Waals surface area contributed by atoms with Crippen molar-refractivity contribution >= 4 is 21.6 Å². The molecule has 0 bridgehead atoms. The minimum Gasteiger partial charge on any atom is -0.392 e. The lowest BCUT2D eigenvalue weighted by Crippen LogP contribution is -2.26. The Kier molecular flexibility index (Phi) is 6.19. The molecule has 0 spiro atoms. The Hall–Kier alpha value is -0.690. The van der Waals surface area contributed by atoms with Crippen LogP contribution < -0.4 is 4.72 Å². The summed E-state index contributed by atoms with van der Waals surface area (Å²) in [7, 11) is -3.95. The van der Waals surface area contributed by atoms with Crippen LogP contribution in [0, 0.1) is 5.82 Å². The van der Waals surface area contributed by atoms with Crippen LogP contribution in [-0.2, 0) is 16.6 Å². The predicted molar refractivity (Wildman–Crippen MR) is 72.0 cm³/mol. The first-order valence-corrected chi connectivity index (χ1v) is 7.87. The van der Waals surface area contributed by atoms with Gasteiger partial charge in [0.05, 0.1) is 6.61 Å². The van der Waals surface area contributed by atoms with Gasteiger partial charge in [0.25, 0.3) is 0 Å². The zero-order valence-corrected chi connectivity index (χ0v) is 12.2. The molecule has 0 aliphatic carbocycles. The molecule has 7 heteroatoms. The van der Waals surface area contributed by atoms with Crippen molar-refractivity contribution in [1.82, 2.24) is 4.72 Å². The van der Waals surface area contributed by atoms with E-state index >= 15 is 0 Å². The van der Waals surface area contributed by atoms with Gasteiger partial charge in [-0.2, -0.15) is 0 Å². The van der Waals surface area contributed by atoms with Crippen molar-refractivity contribution in [1.29, 1.82) is 0 Å². The van der Waals surface area contributed by atoms with Gasteiger partial charge in [-0.3, -0.25) is 0 Å². The van der Waals surface area contributed by atoms with Crippen LogP contribution in [0.2, 0.25) is 5.02 Å². The molecule has 0 aromatic heterocycles. The van der Waals surface area contributed by atoms with Crippen molar-refractivity contribution in [2.45, 2.75) is 37.7 Å². The summed E-state index contributed by atoms with van der Waals surface area (Å²) in [5.74, 6) is -0.963. The fraction of sp³-hybridized carbons (Fsp3) is 0.500. The minimum atomic E-state index is -3.95. The first-order valence-electron chi connectivity index (χ1n) is 6.00. The van der Waals surface area contributed by atoms with Crippen LogP contribution in [0.25, 0.3) is 0 Å². The maximum absolute atomic E-state index is 13.9. The van der Waals surface area contributed by atoms with Crippen LogP contribution in [0.1, 0.15) is 31.7 Å². The van der Waals surface area contributed by atoms with Crippen LogP contribution in [0.3, 0.4) is 0 Å². The summed E-state index contributed by atoms with van der Waals surface area (Å²) in [5.41, 5.74) is -0.138. The van der Waals surface area contributed by atoms with E-state index in [-0.39, 0.29) is 17.1 Å².